The number of unbranched alkanes of at least 4 members (excludes halogenated alkanes) is 1. The normalized spacial score (nSPS) is 16.2. The van der Waals surface area contributed by atoms with Crippen LogP contribution in [0.15, 0.2) is 0 Å². The van der Waals surface area contributed by atoms with Crippen molar-refractivity contribution in [2.45, 2.75) is 85.7 Å². The summed E-state index contributed by atoms with van der Waals surface area (Å²) in [6, 6.07) is 0. The summed E-state index contributed by atoms with van der Waals surface area (Å²) < 4.78 is 6.28. The molecule has 0 spiro atoms. The van der Waals surface area contributed by atoms with E-state index in [0.29, 0.717) is 12.3 Å². The van der Waals surface area contributed by atoms with E-state index in [2.05, 4.69) is 34.6 Å². The van der Waals surface area contributed by atoms with Crippen LogP contribution in [0, 0.1) is 17.8 Å². The molecule has 0 aliphatic heterocycles. The van der Waals surface area contributed by atoms with Gasteiger partial charge in [-0.3, -0.25) is 0 Å². The molecule has 4 unspecified atom stereocenters. The van der Waals surface area contributed by atoms with Crippen LogP contribution in [0.25, 0.3) is 0 Å². The molecule has 4 atom stereocenters. The maximum atomic E-state index is 13.6. The lowest BCUT2D eigenvalue weighted by atomic mass is 9.67. The summed E-state index contributed by atoms with van der Waals surface area (Å²) in [5, 5.41) is 8.75. The van der Waals surface area contributed by atoms with Crippen molar-refractivity contribution in [3.05, 3.63) is 31.2 Å². The van der Waals surface area contributed by atoms with Gasteiger partial charge in [0.1, 0.15) is 5.60 Å². The predicted molar refractivity (Wildman–Crippen MR) is 134 cm³/mol. The minimum absolute atomic E-state index is 0.0394. The van der Waals surface area contributed by atoms with Crippen molar-refractivity contribution in [3.8, 4) is 0 Å². The van der Waals surface area contributed by atoms with E-state index in [-0.39, 0.29) is 37.5 Å². The van der Waals surface area contributed by atoms with Crippen LogP contribution in [0.3, 0.4) is 0 Å². The van der Waals surface area contributed by atoms with Gasteiger partial charge in [0.25, 0.3) is 0 Å². The van der Waals surface area contributed by atoms with E-state index >= 15 is 0 Å². The maximum absolute atomic E-state index is 13.6. The van der Waals surface area contributed by atoms with Gasteiger partial charge in [0.2, 0.25) is 0 Å². The fourth-order valence-electron chi connectivity index (χ4n) is 4.54. The number of hydrogen-bond donors (Lipinski definition) is 1. The van der Waals surface area contributed by atoms with Gasteiger partial charge in [-0.15, -0.1) is 0 Å². The quantitative estimate of drug-likeness (QED) is 0.167. The third-order valence-electron chi connectivity index (χ3n) is 6.79. The summed E-state index contributed by atoms with van der Waals surface area (Å²) in [5.74, 6) is -1.84. The van der Waals surface area contributed by atoms with Gasteiger partial charge in [-0.05, 0) is 31.1 Å². The summed E-state index contributed by atoms with van der Waals surface area (Å²) in [6.07, 6.45) is 5.24. The molecule has 0 heterocycles. The molecule has 1 N–H and O–H groups in total. The van der Waals surface area contributed by atoms with Crippen molar-refractivity contribution in [3.63, 3.8) is 0 Å². The molecule has 0 aliphatic rings. The molecule has 0 saturated carbocycles. The van der Waals surface area contributed by atoms with Crippen molar-refractivity contribution in [1.29, 1.82) is 0 Å². The molecule has 32 heavy (non-hydrogen) atoms. The van der Waals surface area contributed by atoms with Crippen molar-refractivity contribution < 1.29 is 19.4 Å². The SMILES string of the molecule is CCCCC(C(C)CC)C(CC)(OC(=O)c1c(Cl)c(Cl)c(Cl)c(Cl)c1C(=O)O)C(C)CC. The van der Waals surface area contributed by atoms with Crippen molar-refractivity contribution in [2.24, 2.45) is 17.8 Å². The molecular formula is C24H34Cl4O4. The fraction of sp³-hybridized carbons (Fsp3) is 0.667. The van der Waals surface area contributed by atoms with Gasteiger partial charge in [0.05, 0.1) is 31.2 Å². The van der Waals surface area contributed by atoms with Gasteiger partial charge in [-0.2, -0.15) is 0 Å². The van der Waals surface area contributed by atoms with Gasteiger partial charge in [0.15, 0.2) is 0 Å². The van der Waals surface area contributed by atoms with Crippen LogP contribution in [-0.2, 0) is 4.74 Å². The highest BCUT2D eigenvalue weighted by atomic mass is 35.5. The Morgan fingerprint density at radius 3 is 1.84 bits per heavy atom. The number of carbonyl (C=O) groups is 2. The molecule has 0 fully saturated rings. The summed E-state index contributed by atoms with van der Waals surface area (Å²) in [5.41, 5.74) is -1.66. The van der Waals surface area contributed by atoms with Gasteiger partial charge < -0.3 is 9.84 Å². The topological polar surface area (TPSA) is 63.6 Å². The molecule has 8 heteroatoms. The van der Waals surface area contributed by atoms with E-state index in [0.717, 1.165) is 32.1 Å². The Morgan fingerprint density at radius 2 is 1.44 bits per heavy atom. The van der Waals surface area contributed by atoms with Gasteiger partial charge in [-0.1, -0.05) is 107 Å². The second kappa shape index (κ2) is 12.7. The second-order valence-corrected chi connectivity index (χ2v) is 9.96. The largest absolute Gasteiger partial charge is 0.478 e. The molecule has 0 amide bonds. The summed E-state index contributed by atoms with van der Waals surface area (Å²) in [6.45, 7) is 12.6. The molecule has 182 valence electrons. The van der Waals surface area contributed by atoms with Crippen LogP contribution in [0.5, 0.6) is 0 Å². The molecule has 0 aromatic heterocycles. The predicted octanol–water partition coefficient (Wildman–Crippen LogP) is 9.20. The number of halogens is 4. The first kappa shape index (κ1) is 29.4. The molecule has 0 radical (unpaired) electrons. The second-order valence-electron chi connectivity index (χ2n) is 8.45. The number of esters is 1. The number of benzene rings is 1. The Kier molecular flexibility index (Phi) is 11.6. The minimum atomic E-state index is -1.43. The average Bonchev–Trinajstić information content (AvgIpc) is 2.77. The Morgan fingerprint density at radius 1 is 0.906 bits per heavy atom. The van der Waals surface area contributed by atoms with Gasteiger partial charge >= 0.3 is 11.9 Å². The van der Waals surface area contributed by atoms with Crippen LogP contribution in [0.2, 0.25) is 20.1 Å². The molecule has 0 saturated heterocycles. The zero-order chi connectivity index (χ0) is 24.8. The lowest BCUT2D eigenvalue weighted by Crippen LogP contribution is -2.50. The van der Waals surface area contributed by atoms with Gasteiger partial charge in [0, 0.05) is 5.92 Å². The molecule has 0 bridgehead atoms. The first-order valence-electron chi connectivity index (χ1n) is 11.3. The highest BCUT2D eigenvalue weighted by Crippen LogP contribution is 2.46. The zero-order valence-corrected chi connectivity index (χ0v) is 22.7. The van der Waals surface area contributed by atoms with E-state index in [1.807, 2.05) is 6.92 Å². The Balaban J connectivity index is 3.72. The van der Waals surface area contributed by atoms with E-state index in [1.54, 1.807) is 0 Å². The number of ether oxygens (including phenoxy) is 1. The Bertz CT molecular complexity index is 827. The fourth-order valence-corrected chi connectivity index (χ4v) is 5.55. The molecule has 0 aliphatic carbocycles. The smallest absolute Gasteiger partial charge is 0.341 e. The number of carbonyl (C=O) groups excluding carboxylic acids is 1. The Hall–Kier alpha value is -0.680. The molecular weight excluding hydrogens is 494 g/mol. The van der Waals surface area contributed by atoms with Crippen LogP contribution < -0.4 is 0 Å². The Labute approximate surface area is 211 Å². The van der Waals surface area contributed by atoms with E-state index < -0.39 is 23.1 Å². The van der Waals surface area contributed by atoms with Crippen molar-refractivity contribution in [1.82, 2.24) is 0 Å². The van der Waals surface area contributed by atoms with Crippen LogP contribution in [-0.4, -0.2) is 22.6 Å². The number of rotatable bonds is 12. The summed E-state index contributed by atoms with van der Waals surface area (Å²) in [7, 11) is 0. The van der Waals surface area contributed by atoms with Crippen LogP contribution in [0.4, 0.5) is 0 Å². The first-order chi connectivity index (χ1) is 14.9. The highest BCUT2D eigenvalue weighted by Gasteiger charge is 2.47. The third kappa shape index (κ3) is 5.87. The minimum Gasteiger partial charge on any atom is -0.478 e. The molecule has 1 aromatic rings. The van der Waals surface area contributed by atoms with E-state index in [1.165, 1.54) is 0 Å². The molecule has 4 nitrogen and oxygen atoms in total. The number of carboxylic acids is 1. The number of aromatic carboxylic acids is 1. The monoisotopic (exact) mass is 526 g/mol. The lowest BCUT2D eigenvalue weighted by molar-refractivity contribution is -0.105. The van der Waals surface area contributed by atoms with Gasteiger partial charge in [-0.25, -0.2) is 9.59 Å². The number of hydrogen-bond acceptors (Lipinski definition) is 3. The van der Waals surface area contributed by atoms with E-state index in [4.69, 9.17) is 51.1 Å². The standard InChI is InChI=1S/C24H34Cl4O4/c1-7-11-12-15(13(5)8-2)24(10-4,14(6)9-3)32-23(31)17-16(22(29)30)18(25)20(27)21(28)19(17)26/h13-15H,7-12H2,1-6H3,(H,29,30). The highest BCUT2D eigenvalue weighted by molar-refractivity contribution is 6.54. The maximum Gasteiger partial charge on any atom is 0.341 e. The summed E-state index contributed by atoms with van der Waals surface area (Å²) >= 11 is 24.7. The third-order valence-corrected chi connectivity index (χ3v) is 8.60. The van der Waals surface area contributed by atoms with Crippen LogP contribution in [0.1, 0.15) is 101 Å². The first-order valence-corrected chi connectivity index (χ1v) is 12.8. The molecule has 1 aromatic carbocycles. The van der Waals surface area contributed by atoms with E-state index in [9.17, 15) is 14.7 Å². The number of carboxylic acid groups (broad SMARTS) is 1. The summed E-state index contributed by atoms with van der Waals surface area (Å²) in [4.78, 5) is 25.5. The zero-order valence-electron chi connectivity index (χ0n) is 19.7. The van der Waals surface area contributed by atoms with Crippen molar-refractivity contribution >= 4 is 58.3 Å². The van der Waals surface area contributed by atoms with Crippen LogP contribution >= 0.6 is 46.4 Å². The molecule has 1 rings (SSSR count). The lowest BCUT2D eigenvalue weighted by Gasteiger charge is -2.46. The van der Waals surface area contributed by atoms with Crippen molar-refractivity contribution in [2.75, 3.05) is 0 Å². The average molecular weight is 528 g/mol.